The molecule has 0 amide bonds. The zero-order valence-electron chi connectivity index (χ0n) is 11.9. The molecule has 0 bridgehead atoms. The Morgan fingerprint density at radius 3 is 2.64 bits per heavy atom. The molecule has 2 heteroatoms. The Labute approximate surface area is 128 Å². The van der Waals surface area contributed by atoms with Crippen LogP contribution in [0.3, 0.4) is 0 Å². The van der Waals surface area contributed by atoms with Crippen LogP contribution in [0.2, 0.25) is 0 Å². The molecule has 1 heterocycles. The Morgan fingerprint density at radius 1 is 0.909 bits per heavy atom. The molecule has 0 radical (unpaired) electrons. The van der Waals surface area contributed by atoms with Crippen molar-refractivity contribution in [3.8, 4) is 5.75 Å². The second-order valence-electron chi connectivity index (χ2n) is 5.82. The van der Waals surface area contributed by atoms with Crippen molar-refractivity contribution in [3.05, 3.63) is 77.4 Å². The van der Waals surface area contributed by atoms with Gasteiger partial charge in [0.2, 0.25) is 0 Å². The molecule has 3 aromatic carbocycles. The lowest BCUT2D eigenvalue weighted by Gasteiger charge is -2.24. The van der Waals surface area contributed by atoms with Gasteiger partial charge in [-0.25, -0.2) is 0 Å². The molecule has 0 fully saturated rings. The number of aliphatic hydroxyl groups excluding tert-OH is 1. The average molecular weight is 286 g/mol. The molecule has 2 nitrogen and oxygen atoms in total. The number of aliphatic hydroxyl groups is 1. The van der Waals surface area contributed by atoms with Gasteiger partial charge in [0.15, 0.2) is 0 Å². The summed E-state index contributed by atoms with van der Waals surface area (Å²) in [6, 6.07) is 20.8. The van der Waals surface area contributed by atoms with Gasteiger partial charge in [-0.2, -0.15) is 0 Å². The molecule has 5 rings (SSSR count). The fourth-order valence-electron chi connectivity index (χ4n) is 3.73. The maximum atomic E-state index is 10.6. The van der Waals surface area contributed by atoms with Crippen LogP contribution < -0.4 is 4.74 Å². The third-order valence-electron chi connectivity index (χ3n) is 4.61. The normalized spacial score (nSPS) is 18.7. The van der Waals surface area contributed by atoms with Gasteiger partial charge in [-0.1, -0.05) is 54.6 Å². The van der Waals surface area contributed by atoms with E-state index in [9.17, 15) is 5.11 Å². The van der Waals surface area contributed by atoms with Crippen molar-refractivity contribution in [2.45, 2.75) is 6.10 Å². The molecule has 2 aliphatic rings. The standard InChI is InChI=1S/C20H14O2/c21-15-11-22-16-10-9-13-7-4-8-14-17(12-5-2-1-3-6-12)19(15)20(16)18(13)14/h1-10,15,21H,11H2. The van der Waals surface area contributed by atoms with Gasteiger partial charge in [0.25, 0.3) is 0 Å². The van der Waals surface area contributed by atoms with Crippen LogP contribution in [0.1, 0.15) is 16.7 Å². The molecule has 0 saturated heterocycles. The summed E-state index contributed by atoms with van der Waals surface area (Å²) >= 11 is 0. The van der Waals surface area contributed by atoms with Crippen LogP contribution in [-0.2, 0) is 0 Å². The zero-order chi connectivity index (χ0) is 14.7. The van der Waals surface area contributed by atoms with Crippen LogP contribution in [0, 0.1) is 0 Å². The van der Waals surface area contributed by atoms with E-state index in [0.29, 0.717) is 6.61 Å². The summed E-state index contributed by atoms with van der Waals surface area (Å²) in [4.78, 5) is 0. The molecule has 0 saturated carbocycles. The summed E-state index contributed by atoms with van der Waals surface area (Å²) in [5.74, 6) is 0.881. The number of hydrogen-bond donors (Lipinski definition) is 1. The minimum Gasteiger partial charge on any atom is -0.490 e. The van der Waals surface area contributed by atoms with Crippen LogP contribution in [-0.4, -0.2) is 17.8 Å². The average Bonchev–Trinajstić information content (AvgIpc) is 2.93. The largest absolute Gasteiger partial charge is 0.490 e. The topological polar surface area (TPSA) is 29.5 Å². The Morgan fingerprint density at radius 2 is 1.77 bits per heavy atom. The molecule has 1 unspecified atom stereocenters. The van der Waals surface area contributed by atoms with Crippen molar-refractivity contribution in [3.63, 3.8) is 0 Å². The minimum atomic E-state index is -0.583. The fourth-order valence-corrected chi connectivity index (χ4v) is 3.73. The molecular weight excluding hydrogens is 272 g/mol. The zero-order valence-corrected chi connectivity index (χ0v) is 11.9. The molecule has 106 valence electrons. The van der Waals surface area contributed by atoms with Gasteiger partial charge in [-0.15, -0.1) is 0 Å². The van der Waals surface area contributed by atoms with Crippen LogP contribution >= 0.6 is 0 Å². The van der Waals surface area contributed by atoms with Gasteiger partial charge in [0, 0.05) is 16.5 Å². The molecule has 0 aromatic heterocycles. The van der Waals surface area contributed by atoms with E-state index in [4.69, 9.17) is 4.74 Å². The predicted octanol–water partition coefficient (Wildman–Crippen LogP) is 3.87. The molecule has 22 heavy (non-hydrogen) atoms. The molecule has 0 spiro atoms. The molecule has 3 aromatic rings. The van der Waals surface area contributed by atoms with Crippen molar-refractivity contribution in [1.29, 1.82) is 0 Å². The molecule has 1 aliphatic carbocycles. The summed E-state index contributed by atoms with van der Waals surface area (Å²) in [5, 5.41) is 13.0. The first kappa shape index (κ1) is 12.0. The Kier molecular flexibility index (Phi) is 2.30. The molecular formula is C20H14O2. The first-order chi connectivity index (χ1) is 10.8. The van der Waals surface area contributed by atoms with Crippen molar-refractivity contribution in [2.24, 2.45) is 0 Å². The number of ether oxygens (including phenoxy) is 1. The van der Waals surface area contributed by atoms with E-state index >= 15 is 0 Å². The maximum absolute atomic E-state index is 10.6. The van der Waals surface area contributed by atoms with Gasteiger partial charge in [0.1, 0.15) is 18.5 Å². The van der Waals surface area contributed by atoms with Gasteiger partial charge < -0.3 is 9.84 Å². The van der Waals surface area contributed by atoms with Gasteiger partial charge in [0.05, 0.1) is 0 Å². The van der Waals surface area contributed by atoms with E-state index in [0.717, 1.165) is 28.0 Å². The minimum absolute atomic E-state index is 0.318. The second-order valence-corrected chi connectivity index (χ2v) is 5.82. The van der Waals surface area contributed by atoms with E-state index < -0.39 is 6.10 Å². The third kappa shape index (κ3) is 1.42. The van der Waals surface area contributed by atoms with Crippen molar-refractivity contribution in [1.82, 2.24) is 0 Å². The Hall–Kier alpha value is -2.58. The first-order valence-corrected chi connectivity index (χ1v) is 7.51. The Bertz CT molecular complexity index is 939. The Balaban J connectivity index is 1.96. The maximum Gasteiger partial charge on any atom is 0.127 e. The van der Waals surface area contributed by atoms with Crippen molar-refractivity contribution >= 4 is 21.9 Å². The number of benzene rings is 3. The van der Waals surface area contributed by atoms with Crippen molar-refractivity contribution < 1.29 is 9.84 Å². The molecule has 1 N–H and O–H groups in total. The van der Waals surface area contributed by atoms with Crippen LogP contribution in [0.5, 0.6) is 5.75 Å². The van der Waals surface area contributed by atoms with E-state index in [2.05, 4.69) is 36.4 Å². The number of rotatable bonds is 1. The molecule has 1 aliphatic heterocycles. The smallest absolute Gasteiger partial charge is 0.127 e. The van der Waals surface area contributed by atoms with Crippen molar-refractivity contribution in [2.75, 3.05) is 6.61 Å². The lowest BCUT2D eigenvalue weighted by atomic mass is 9.93. The summed E-state index contributed by atoms with van der Waals surface area (Å²) in [6.07, 6.45) is -0.583. The van der Waals surface area contributed by atoms with E-state index in [1.165, 1.54) is 16.3 Å². The van der Waals surface area contributed by atoms with Gasteiger partial charge in [-0.05, 0) is 28.2 Å². The predicted molar refractivity (Wildman–Crippen MR) is 87.8 cm³/mol. The van der Waals surface area contributed by atoms with Gasteiger partial charge >= 0.3 is 0 Å². The van der Waals surface area contributed by atoms with E-state index in [1.807, 2.05) is 24.3 Å². The second kappa shape index (κ2) is 4.21. The first-order valence-electron chi connectivity index (χ1n) is 7.51. The molecule has 1 atom stereocenters. The lowest BCUT2D eigenvalue weighted by molar-refractivity contribution is 0.143. The third-order valence-corrected chi connectivity index (χ3v) is 4.61. The van der Waals surface area contributed by atoms with E-state index in [1.54, 1.807) is 0 Å². The quantitative estimate of drug-likeness (QED) is 0.736. The highest BCUT2D eigenvalue weighted by molar-refractivity contribution is 6.19. The summed E-state index contributed by atoms with van der Waals surface area (Å²) in [7, 11) is 0. The summed E-state index contributed by atoms with van der Waals surface area (Å²) < 4.78 is 5.75. The highest BCUT2D eigenvalue weighted by atomic mass is 16.5. The summed E-state index contributed by atoms with van der Waals surface area (Å²) in [6.45, 7) is 0.318. The number of hydrogen-bond acceptors (Lipinski definition) is 2. The van der Waals surface area contributed by atoms with Crippen LogP contribution in [0.4, 0.5) is 0 Å². The lowest BCUT2D eigenvalue weighted by Crippen LogP contribution is -2.24. The summed E-state index contributed by atoms with van der Waals surface area (Å²) in [5.41, 5.74) is 5.57. The fraction of sp³-hybridized carbons (Fsp3) is 0.100. The van der Waals surface area contributed by atoms with Crippen LogP contribution in [0.15, 0.2) is 60.7 Å². The van der Waals surface area contributed by atoms with Crippen LogP contribution in [0.25, 0.3) is 21.9 Å². The van der Waals surface area contributed by atoms with Gasteiger partial charge in [-0.3, -0.25) is 0 Å². The SMILES string of the molecule is OC1COc2ccc3cccc4c3c2C1=C4c1ccccc1. The monoisotopic (exact) mass is 286 g/mol. The van der Waals surface area contributed by atoms with E-state index in [-0.39, 0.29) is 0 Å². The highest BCUT2D eigenvalue weighted by Crippen LogP contribution is 2.51. The highest BCUT2D eigenvalue weighted by Gasteiger charge is 2.35.